The molecule has 0 aliphatic heterocycles. The molecule has 25 heavy (non-hydrogen) atoms. The molecule has 0 atom stereocenters. The molecule has 6 heteroatoms. The summed E-state index contributed by atoms with van der Waals surface area (Å²) in [4.78, 5) is 11.6. The lowest BCUT2D eigenvalue weighted by molar-refractivity contribution is 0.0693. The number of carboxylic acids is 1. The van der Waals surface area contributed by atoms with E-state index < -0.39 is 5.97 Å². The normalized spacial score (nSPS) is 10.5. The molecule has 0 saturated heterocycles. The van der Waals surface area contributed by atoms with Crippen molar-refractivity contribution in [1.29, 1.82) is 0 Å². The van der Waals surface area contributed by atoms with E-state index in [0.717, 1.165) is 16.9 Å². The minimum Gasteiger partial charge on any atom is -0.496 e. The smallest absolute Gasteiger partial charge is 0.339 e. The van der Waals surface area contributed by atoms with Crippen LogP contribution in [-0.2, 0) is 0 Å². The Morgan fingerprint density at radius 2 is 1.80 bits per heavy atom. The molecule has 3 aromatic rings. The van der Waals surface area contributed by atoms with Crippen molar-refractivity contribution in [3.05, 3.63) is 59.8 Å². The van der Waals surface area contributed by atoms with Crippen molar-refractivity contribution < 1.29 is 19.4 Å². The van der Waals surface area contributed by atoms with Crippen molar-refractivity contribution in [2.45, 2.75) is 6.92 Å². The van der Waals surface area contributed by atoms with Crippen LogP contribution in [0.4, 0.5) is 0 Å². The Morgan fingerprint density at radius 1 is 1.08 bits per heavy atom. The lowest BCUT2D eigenvalue weighted by Crippen LogP contribution is -2.05. The van der Waals surface area contributed by atoms with Gasteiger partial charge in [0.05, 0.1) is 31.8 Å². The number of hydrogen-bond acceptors (Lipinski definition) is 4. The molecule has 0 bridgehead atoms. The van der Waals surface area contributed by atoms with Crippen LogP contribution in [0.1, 0.15) is 15.9 Å². The second kappa shape index (κ2) is 6.68. The van der Waals surface area contributed by atoms with E-state index in [1.54, 1.807) is 23.0 Å². The number of para-hydroxylation sites is 1. The number of nitrogens with zero attached hydrogens (tertiary/aromatic N) is 2. The average molecular weight is 338 g/mol. The van der Waals surface area contributed by atoms with Gasteiger partial charge >= 0.3 is 5.97 Å². The maximum absolute atomic E-state index is 11.6. The van der Waals surface area contributed by atoms with Gasteiger partial charge in [-0.25, -0.2) is 9.48 Å². The fraction of sp³-hybridized carbons (Fsp3) is 0.158. The van der Waals surface area contributed by atoms with Crippen LogP contribution in [0.3, 0.4) is 0 Å². The van der Waals surface area contributed by atoms with Crippen LogP contribution in [0.5, 0.6) is 11.5 Å². The van der Waals surface area contributed by atoms with Crippen LogP contribution in [0.2, 0.25) is 0 Å². The molecule has 0 amide bonds. The van der Waals surface area contributed by atoms with Gasteiger partial charge in [0.1, 0.15) is 17.1 Å². The van der Waals surface area contributed by atoms with Crippen molar-refractivity contribution in [2.75, 3.05) is 14.2 Å². The Balaban J connectivity index is 2.25. The van der Waals surface area contributed by atoms with Gasteiger partial charge in [0.2, 0.25) is 0 Å². The van der Waals surface area contributed by atoms with Crippen molar-refractivity contribution >= 4 is 5.97 Å². The third-order valence-corrected chi connectivity index (χ3v) is 4.01. The van der Waals surface area contributed by atoms with E-state index in [1.165, 1.54) is 14.2 Å². The Kier molecular flexibility index (Phi) is 4.43. The summed E-state index contributed by atoms with van der Waals surface area (Å²) in [7, 11) is 2.96. The zero-order chi connectivity index (χ0) is 18.0. The van der Waals surface area contributed by atoms with E-state index in [-0.39, 0.29) is 11.3 Å². The summed E-state index contributed by atoms with van der Waals surface area (Å²) in [5.41, 5.74) is 3.39. The first kappa shape index (κ1) is 16.6. The highest BCUT2D eigenvalue weighted by molar-refractivity contribution is 5.93. The third-order valence-electron chi connectivity index (χ3n) is 4.01. The molecule has 0 fully saturated rings. The molecule has 1 aromatic heterocycles. The highest BCUT2D eigenvalue weighted by Gasteiger charge is 2.20. The van der Waals surface area contributed by atoms with E-state index in [4.69, 9.17) is 9.47 Å². The van der Waals surface area contributed by atoms with Crippen LogP contribution in [0.15, 0.2) is 48.7 Å². The molecular weight excluding hydrogens is 320 g/mol. The highest BCUT2D eigenvalue weighted by atomic mass is 16.5. The van der Waals surface area contributed by atoms with Gasteiger partial charge in [-0.1, -0.05) is 18.2 Å². The number of methoxy groups -OCH3 is 2. The number of carbonyl (C=O) groups is 1. The van der Waals surface area contributed by atoms with E-state index in [2.05, 4.69) is 5.10 Å². The molecule has 0 aliphatic rings. The summed E-state index contributed by atoms with van der Waals surface area (Å²) in [6, 6.07) is 12.8. The summed E-state index contributed by atoms with van der Waals surface area (Å²) in [5, 5.41) is 13.9. The standard InChI is InChI=1S/C19H18N2O4/c1-12-6-4-5-7-15(12)21-16(8-9-20-21)13-10-14(19(22)23)18(25-3)11-17(13)24-2/h4-11H,1-3H3,(H,22,23). The maximum Gasteiger partial charge on any atom is 0.339 e. The van der Waals surface area contributed by atoms with Crippen LogP contribution < -0.4 is 9.47 Å². The van der Waals surface area contributed by atoms with Gasteiger partial charge in [-0.05, 0) is 30.7 Å². The van der Waals surface area contributed by atoms with Gasteiger partial charge in [0.15, 0.2) is 0 Å². The van der Waals surface area contributed by atoms with Gasteiger partial charge in [-0.15, -0.1) is 0 Å². The lowest BCUT2D eigenvalue weighted by atomic mass is 10.0. The third kappa shape index (κ3) is 2.94. The van der Waals surface area contributed by atoms with E-state index in [0.29, 0.717) is 11.3 Å². The van der Waals surface area contributed by atoms with Crippen LogP contribution in [0, 0.1) is 6.92 Å². The predicted molar refractivity (Wildman–Crippen MR) is 93.8 cm³/mol. The van der Waals surface area contributed by atoms with E-state index in [1.807, 2.05) is 37.3 Å². The van der Waals surface area contributed by atoms with Crippen molar-refractivity contribution in [1.82, 2.24) is 9.78 Å². The molecule has 2 aromatic carbocycles. The molecule has 3 rings (SSSR count). The Labute approximate surface area is 145 Å². The molecule has 0 radical (unpaired) electrons. The number of aryl methyl sites for hydroxylation is 1. The number of hydrogen-bond donors (Lipinski definition) is 1. The van der Waals surface area contributed by atoms with Gasteiger partial charge in [-0.2, -0.15) is 5.10 Å². The van der Waals surface area contributed by atoms with E-state index in [9.17, 15) is 9.90 Å². The van der Waals surface area contributed by atoms with Crippen molar-refractivity contribution in [3.63, 3.8) is 0 Å². The number of ether oxygens (including phenoxy) is 2. The van der Waals surface area contributed by atoms with Gasteiger partial charge < -0.3 is 14.6 Å². The first-order valence-electron chi connectivity index (χ1n) is 7.66. The number of rotatable bonds is 5. The summed E-state index contributed by atoms with van der Waals surface area (Å²) >= 11 is 0. The van der Waals surface area contributed by atoms with Crippen molar-refractivity contribution in [3.8, 4) is 28.4 Å². The second-order valence-corrected chi connectivity index (χ2v) is 5.47. The molecule has 0 unspecified atom stereocenters. The van der Waals surface area contributed by atoms with Gasteiger partial charge in [0, 0.05) is 11.6 Å². The maximum atomic E-state index is 11.6. The summed E-state index contributed by atoms with van der Waals surface area (Å²) in [5.74, 6) is -0.310. The monoisotopic (exact) mass is 338 g/mol. The topological polar surface area (TPSA) is 73.6 Å². The van der Waals surface area contributed by atoms with Crippen LogP contribution in [0.25, 0.3) is 16.9 Å². The highest BCUT2D eigenvalue weighted by Crippen LogP contribution is 2.37. The number of benzene rings is 2. The molecule has 6 nitrogen and oxygen atoms in total. The van der Waals surface area contributed by atoms with E-state index >= 15 is 0 Å². The zero-order valence-corrected chi connectivity index (χ0v) is 14.2. The van der Waals surface area contributed by atoms with Crippen molar-refractivity contribution in [2.24, 2.45) is 0 Å². The Hall–Kier alpha value is -3.28. The largest absolute Gasteiger partial charge is 0.496 e. The molecule has 1 N–H and O–H groups in total. The first-order chi connectivity index (χ1) is 12.1. The van der Waals surface area contributed by atoms with Crippen LogP contribution in [-0.4, -0.2) is 35.1 Å². The fourth-order valence-corrected chi connectivity index (χ4v) is 2.77. The number of aromatic nitrogens is 2. The quantitative estimate of drug-likeness (QED) is 0.770. The molecule has 0 spiro atoms. The van der Waals surface area contributed by atoms with Gasteiger partial charge in [0.25, 0.3) is 0 Å². The summed E-state index contributed by atoms with van der Waals surface area (Å²) in [6.45, 7) is 1.99. The average Bonchev–Trinajstić information content (AvgIpc) is 3.10. The minimum atomic E-state index is -1.07. The number of aromatic carboxylic acids is 1. The Morgan fingerprint density at radius 3 is 2.44 bits per heavy atom. The number of carboxylic acid groups (broad SMARTS) is 1. The SMILES string of the molecule is COc1cc(OC)c(-c2ccnn2-c2ccccc2C)cc1C(=O)O. The molecular formula is C19H18N2O4. The fourth-order valence-electron chi connectivity index (χ4n) is 2.77. The predicted octanol–water partition coefficient (Wildman–Crippen LogP) is 3.56. The second-order valence-electron chi connectivity index (χ2n) is 5.47. The zero-order valence-electron chi connectivity index (χ0n) is 14.2. The summed E-state index contributed by atoms with van der Waals surface area (Å²) in [6.07, 6.45) is 1.67. The molecule has 0 saturated carbocycles. The molecule has 0 aliphatic carbocycles. The summed E-state index contributed by atoms with van der Waals surface area (Å²) < 4.78 is 12.4. The van der Waals surface area contributed by atoms with Crippen LogP contribution >= 0.6 is 0 Å². The molecule has 1 heterocycles. The first-order valence-corrected chi connectivity index (χ1v) is 7.66. The molecule has 128 valence electrons. The lowest BCUT2D eigenvalue weighted by Gasteiger charge is -2.15. The Bertz CT molecular complexity index is 931. The van der Waals surface area contributed by atoms with Gasteiger partial charge in [-0.3, -0.25) is 0 Å². The minimum absolute atomic E-state index is 0.0656.